The Morgan fingerprint density at radius 3 is 1.90 bits per heavy atom. The van der Waals surface area contributed by atoms with Crippen LogP contribution in [-0.4, -0.2) is 35.5 Å². The molecule has 0 radical (unpaired) electrons. The van der Waals surface area contributed by atoms with Gasteiger partial charge >= 0.3 is 6.09 Å². The van der Waals surface area contributed by atoms with Crippen LogP contribution in [0.1, 0.15) is 114 Å². The fraction of sp³-hybridized carbons (Fsp3) is 0.533. The fourth-order valence-corrected chi connectivity index (χ4v) is 10.5. The van der Waals surface area contributed by atoms with Crippen molar-refractivity contribution in [2.75, 3.05) is 12.4 Å². The van der Waals surface area contributed by atoms with Crippen LogP contribution in [0.2, 0.25) is 0 Å². The quantitative estimate of drug-likeness (QED) is 0.259. The minimum atomic E-state index is -0.589. The number of nitrogens with zero attached hydrogens (tertiary/aromatic N) is 1. The number of carbonyl (C=O) groups is 3. The van der Waals surface area contributed by atoms with Crippen molar-refractivity contribution >= 4 is 23.6 Å². The minimum Gasteiger partial charge on any atom is -0.489 e. The molecule has 52 heavy (non-hydrogen) atoms. The molecular formula is C45H56N2O5. The first-order valence-corrected chi connectivity index (χ1v) is 19.5. The summed E-state index contributed by atoms with van der Waals surface area (Å²) in [6.07, 6.45) is 8.71. The molecular weight excluding hydrogens is 649 g/mol. The van der Waals surface area contributed by atoms with Gasteiger partial charge in [0.15, 0.2) is 0 Å². The number of hydrogen-bond donors (Lipinski definition) is 1. The molecule has 7 rings (SSSR count). The fourth-order valence-electron chi connectivity index (χ4n) is 10.5. The molecule has 6 atom stereocenters. The summed E-state index contributed by atoms with van der Waals surface area (Å²) in [4.78, 5) is 43.2. The van der Waals surface area contributed by atoms with Crippen LogP contribution >= 0.6 is 0 Å². The van der Waals surface area contributed by atoms with Gasteiger partial charge in [0, 0.05) is 24.6 Å². The van der Waals surface area contributed by atoms with Crippen LogP contribution in [0.3, 0.4) is 0 Å². The van der Waals surface area contributed by atoms with Gasteiger partial charge in [0.2, 0.25) is 11.8 Å². The molecule has 3 aromatic rings. The van der Waals surface area contributed by atoms with E-state index in [0.29, 0.717) is 12.3 Å². The van der Waals surface area contributed by atoms with Gasteiger partial charge in [-0.15, -0.1) is 0 Å². The maximum Gasteiger partial charge on any atom is 0.412 e. The van der Waals surface area contributed by atoms with Gasteiger partial charge in [-0.3, -0.25) is 19.8 Å². The highest BCUT2D eigenvalue weighted by atomic mass is 16.6. The molecule has 0 aliphatic heterocycles. The molecule has 7 nitrogen and oxygen atoms in total. The van der Waals surface area contributed by atoms with E-state index in [9.17, 15) is 14.4 Å². The lowest BCUT2D eigenvalue weighted by atomic mass is 9.54. The Bertz CT molecular complexity index is 1830. The van der Waals surface area contributed by atoms with E-state index >= 15 is 0 Å². The number of imide groups is 1. The average Bonchev–Trinajstić information content (AvgIpc) is 3.12. The van der Waals surface area contributed by atoms with Gasteiger partial charge < -0.3 is 9.47 Å². The summed E-state index contributed by atoms with van der Waals surface area (Å²) in [6.45, 7) is 10.7. The Hall–Kier alpha value is -4.13. The number of fused-ring (bicyclic) bond motifs is 6. The van der Waals surface area contributed by atoms with Gasteiger partial charge in [-0.2, -0.15) is 0 Å². The largest absolute Gasteiger partial charge is 0.489 e. The number of aryl methyl sites for hydroxylation is 2. The van der Waals surface area contributed by atoms with Crippen molar-refractivity contribution in [2.45, 2.75) is 122 Å². The maximum absolute atomic E-state index is 14.5. The van der Waals surface area contributed by atoms with E-state index in [2.05, 4.69) is 61.6 Å². The number of ether oxygens (including phenoxy) is 2. The topological polar surface area (TPSA) is 84.9 Å². The van der Waals surface area contributed by atoms with E-state index in [1.807, 2.05) is 45.0 Å². The predicted octanol–water partition coefficient (Wildman–Crippen LogP) is 9.54. The monoisotopic (exact) mass is 704 g/mol. The zero-order valence-electron chi connectivity index (χ0n) is 31.9. The molecule has 0 saturated heterocycles. The second kappa shape index (κ2) is 14.0. The van der Waals surface area contributed by atoms with Crippen molar-refractivity contribution in [3.63, 3.8) is 0 Å². The third kappa shape index (κ3) is 6.88. The van der Waals surface area contributed by atoms with Crippen LogP contribution in [0.15, 0.2) is 66.7 Å². The summed E-state index contributed by atoms with van der Waals surface area (Å²) in [6, 6.07) is 22.9. The van der Waals surface area contributed by atoms with E-state index < -0.39 is 11.7 Å². The summed E-state index contributed by atoms with van der Waals surface area (Å²) in [5, 5.41) is 2.92. The maximum atomic E-state index is 14.5. The molecule has 0 aromatic heterocycles. The van der Waals surface area contributed by atoms with Gasteiger partial charge in [-0.25, -0.2) is 4.79 Å². The number of rotatable bonds is 6. The standard InChI is InChI=1S/C45H56N2O5/c1-43(2,3)52-42(50)46-32-20-16-30-18-22-36-34(14-10-24-44(36,4)38(30)26-32)40(48)47(6)41(49)35-15-11-25-45(5)37(35)23-19-31-17-21-33(27-39(31)45)51-28-29-12-8-7-9-13-29/h7-9,12-13,16-17,20-21,26-27,34-37H,10-11,14-15,18-19,22-25,28H2,1-6H3,(H,46,50). The molecule has 2 saturated carbocycles. The van der Waals surface area contributed by atoms with Crippen LogP contribution in [0.5, 0.6) is 5.75 Å². The lowest BCUT2D eigenvalue weighted by Gasteiger charge is -2.51. The SMILES string of the molecule is CN(C(=O)C1CCCC2(C)c3cc(NC(=O)OC(C)(C)C)ccc3CCC12)C(=O)C1CCCC2(C)c3cc(OCc4ccccc4)ccc3CCC12. The van der Waals surface area contributed by atoms with Crippen LogP contribution in [0.25, 0.3) is 0 Å². The lowest BCUT2D eigenvalue weighted by molar-refractivity contribution is -0.153. The molecule has 2 fully saturated rings. The molecule has 3 aromatic carbocycles. The van der Waals surface area contributed by atoms with Crippen molar-refractivity contribution in [1.82, 2.24) is 4.90 Å². The van der Waals surface area contributed by atoms with E-state index in [4.69, 9.17) is 9.47 Å². The first kappa shape index (κ1) is 36.2. The van der Waals surface area contributed by atoms with Crippen molar-refractivity contribution < 1.29 is 23.9 Å². The Morgan fingerprint density at radius 1 is 0.769 bits per heavy atom. The molecule has 3 amide bonds. The first-order valence-electron chi connectivity index (χ1n) is 19.5. The van der Waals surface area contributed by atoms with Gasteiger partial charge in [0.05, 0.1) is 0 Å². The Balaban J connectivity index is 1.07. The van der Waals surface area contributed by atoms with Crippen molar-refractivity contribution in [3.8, 4) is 5.75 Å². The summed E-state index contributed by atoms with van der Waals surface area (Å²) in [7, 11) is 1.74. The van der Waals surface area contributed by atoms with Gasteiger partial charge in [-0.1, -0.05) is 69.2 Å². The Labute approximate surface area is 309 Å². The molecule has 7 heteroatoms. The summed E-state index contributed by atoms with van der Waals surface area (Å²) >= 11 is 0. The van der Waals surface area contributed by atoms with E-state index in [1.54, 1.807) is 7.05 Å². The highest BCUT2D eigenvalue weighted by molar-refractivity contribution is 5.97. The molecule has 276 valence electrons. The molecule has 4 aliphatic rings. The molecule has 0 spiro atoms. The number of benzene rings is 3. The van der Waals surface area contributed by atoms with Crippen molar-refractivity contribution in [3.05, 3.63) is 94.5 Å². The van der Waals surface area contributed by atoms with E-state index in [-0.39, 0.29) is 46.3 Å². The van der Waals surface area contributed by atoms with Gasteiger partial charge in [-0.05, 0) is 147 Å². The number of carbonyl (C=O) groups excluding carboxylic acids is 3. The lowest BCUT2D eigenvalue weighted by Crippen LogP contribution is -2.53. The Morgan fingerprint density at radius 2 is 1.33 bits per heavy atom. The number of nitrogens with one attached hydrogen (secondary N) is 1. The zero-order valence-corrected chi connectivity index (χ0v) is 31.9. The van der Waals surface area contributed by atoms with Gasteiger partial charge in [0.1, 0.15) is 18.0 Å². The molecule has 0 bridgehead atoms. The third-order valence-electron chi connectivity index (χ3n) is 13.1. The van der Waals surface area contributed by atoms with Crippen LogP contribution in [0.4, 0.5) is 10.5 Å². The average molecular weight is 705 g/mol. The van der Waals surface area contributed by atoms with Crippen LogP contribution in [-0.2, 0) is 44.6 Å². The van der Waals surface area contributed by atoms with Crippen molar-refractivity contribution in [1.29, 1.82) is 0 Å². The number of anilines is 1. The molecule has 1 N–H and O–H groups in total. The van der Waals surface area contributed by atoms with Crippen LogP contribution in [0, 0.1) is 23.7 Å². The minimum absolute atomic E-state index is 0.00631. The zero-order chi connectivity index (χ0) is 36.8. The van der Waals surface area contributed by atoms with E-state index in [0.717, 1.165) is 75.5 Å². The number of hydrogen-bond acceptors (Lipinski definition) is 5. The first-order chi connectivity index (χ1) is 24.8. The summed E-state index contributed by atoms with van der Waals surface area (Å²) in [5.74, 6) is 0.747. The summed E-state index contributed by atoms with van der Waals surface area (Å²) < 4.78 is 11.8. The normalized spacial score (nSPS) is 27.9. The third-order valence-corrected chi connectivity index (χ3v) is 13.1. The van der Waals surface area contributed by atoms with Gasteiger partial charge in [0.25, 0.3) is 0 Å². The predicted molar refractivity (Wildman–Crippen MR) is 204 cm³/mol. The van der Waals surface area contributed by atoms with Crippen LogP contribution < -0.4 is 10.1 Å². The number of amides is 3. The Kier molecular flexibility index (Phi) is 9.77. The smallest absolute Gasteiger partial charge is 0.412 e. The summed E-state index contributed by atoms with van der Waals surface area (Å²) in [5.41, 5.74) is 6.03. The second-order valence-corrected chi connectivity index (χ2v) is 17.5. The molecule has 4 aliphatic carbocycles. The van der Waals surface area contributed by atoms with E-state index in [1.165, 1.54) is 27.2 Å². The highest BCUT2D eigenvalue weighted by Crippen LogP contribution is 2.55. The highest BCUT2D eigenvalue weighted by Gasteiger charge is 2.52. The molecule has 6 unspecified atom stereocenters. The molecule has 0 heterocycles. The second-order valence-electron chi connectivity index (χ2n) is 17.5. The van der Waals surface area contributed by atoms with Crippen molar-refractivity contribution in [2.24, 2.45) is 23.7 Å².